The fraction of sp³-hybridized carbons (Fsp3) is 0.611. The van der Waals surface area contributed by atoms with Crippen molar-refractivity contribution in [3.63, 3.8) is 0 Å². The molecule has 23 heavy (non-hydrogen) atoms. The molecule has 0 heterocycles. The monoisotopic (exact) mass is 335 g/mol. The molecule has 2 N–H and O–H groups in total. The Labute approximate surface area is 144 Å². The zero-order valence-electron chi connectivity index (χ0n) is 14.6. The second kappa shape index (κ2) is 9.06. The summed E-state index contributed by atoms with van der Waals surface area (Å²) in [7, 11) is 1.82. The van der Waals surface area contributed by atoms with Gasteiger partial charge in [0.15, 0.2) is 5.96 Å². The van der Waals surface area contributed by atoms with Gasteiger partial charge >= 0.3 is 0 Å². The Hall–Kier alpha value is -1.36. The minimum Gasteiger partial charge on any atom is -0.489 e. The smallest absolute Gasteiger partial charge is 0.191 e. The molecule has 0 amide bonds. The average molecular weight is 336 g/mol. The van der Waals surface area contributed by atoms with Gasteiger partial charge in [-0.1, -0.05) is 18.2 Å². The van der Waals surface area contributed by atoms with E-state index >= 15 is 0 Å². The van der Waals surface area contributed by atoms with Crippen LogP contribution in [-0.2, 0) is 0 Å². The van der Waals surface area contributed by atoms with Gasteiger partial charge in [-0.3, -0.25) is 4.99 Å². The lowest BCUT2D eigenvalue weighted by molar-refractivity contribution is 0.222. The highest BCUT2D eigenvalue weighted by atomic mass is 32.2. The minimum atomic E-state index is 0.0807. The standard InChI is InChI=1S/C18H29N3OS/c1-13-7-5-6-8-17(13)22-14(2)12-20-18(19-3)21-15-9-10-16(11-15)23-4/h5-8,14-16H,9-12H2,1-4H3,(H2,19,20,21). The van der Waals surface area contributed by atoms with Crippen molar-refractivity contribution in [2.45, 2.75) is 50.5 Å². The van der Waals surface area contributed by atoms with E-state index in [1.54, 1.807) is 0 Å². The molecule has 4 nitrogen and oxygen atoms in total. The maximum atomic E-state index is 6.00. The number of aliphatic imine (C=N–C) groups is 1. The molecule has 5 heteroatoms. The molecule has 0 saturated heterocycles. The minimum absolute atomic E-state index is 0.0807. The molecular formula is C18H29N3OS. The lowest BCUT2D eigenvalue weighted by atomic mass is 10.2. The van der Waals surface area contributed by atoms with E-state index in [4.69, 9.17) is 4.74 Å². The number of hydrogen-bond acceptors (Lipinski definition) is 3. The molecule has 128 valence electrons. The lowest BCUT2D eigenvalue weighted by Crippen LogP contribution is -2.45. The van der Waals surface area contributed by atoms with Crippen molar-refractivity contribution in [2.75, 3.05) is 19.8 Å². The molecule has 0 spiro atoms. The van der Waals surface area contributed by atoms with Gasteiger partial charge in [0.05, 0.1) is 6.54 Å². The van der Waals surface area contributed by atoms with Crippen LogP contribution in [0, 0.1) is 6.92 Å². The summed E-state index contributed by atoms with van der Waals surface area (Å²) in [4.78, 5) is 4.33. The van der Waals surface area contributed by atoms with Crippen LogP contribution in [0.1, 0.15) is 31.7 Å². The number of ether oxygens (including phenoxy) is 1. The normalized spacial score (nSPS) is 22.7. The van der Waals surface area contributed by atoms with E-state index in [2.05, 4.69) is 41.8 Å². The third-order valence-electron chi connectivity index (χ3n) is 4.26. The molecule has 0 radical (unpaired) electrons. The number of hydrogen-bond donors (Lipinski definition) is 2. The van der Waals surface area contributed by atoms with Crippen molar-refractivity contribution in [3.05, 3.63) is 29.8 Å². The van der Waals surface area contributed by atoms with Crippen molar-refractivity contribution >= 4 is 17.7 Å². The highest BCUT2D eigenvalue weighted by molar-refractivity contribution is 7.99. The molecule has 0 aromatic heterocycles. The quantitative estimate of drug-likeness (QED) is 0.619. The molecule has 0 aliphatic heterocycles. The van der Waals surface area contributed by atoms with Gasteiger partial charge in [-0.15, -0.1) is 0 Å². The lowest BCUT2D eigenvalue weighted by Gasteiger charge is -2.21. The first-order valence-electron chi connectivity index (χ1n) is 8.34. The highest BCUT2D eigenvalue weighted by Gasteiger charge is 2.24. The summed E-state index contributed by atoms with van der Waals surface area (Å²) in [6.07, 6.45) is 6.02. The second-order valence-electron chi connectivity index (χ2n) is 6.16. The molecule has 1 saturated carbocycles. The summed E-state index contributed by atoms with van der Waals surface area (Å²) < 4.78 is 6.00. The van der Waals surface area contributed by atoms with Crippen molar-refractivity contribution in [1.82, 2.24) is 10.6 Å². The van der Waals surface area contributed by atoms with Crippen LogP contribution in [0.25, 0.3) is 0 Å². The molecule has 1 fully saturated rings. The summed E-state index contributed by atoms with van der Waals surface area (Å²) in [6, 6.07) is 8.65. The Kier molecular flexibility index (Phi) is 7.09. The average Bonchev–Trinajstić information content (AvgIpc) is 3.01. The Morgan fingerprint density at radius 2 is 2.17 bits per heavy atom. The number of benzene rings is 1. The fourth-order valence-corrected chi connectivity index (χ4v) is 3.66. The van der Waals surface area contributed by atoms with Gasteiger partial charge in [0, 0.05) is 18.3 Å². The molecule has 2 rings (SSSR count). The van der Waals surface area contributed by atoms with Crippen LogP contribution in [0.4, 0.5) is 0 Å². The van der Waals surface area contributed by atoms with E-state index in [9.17, 15) is 0 Å². The van der Waals surface area contributed by atoms with Gasteiger partial charge < -0.3 is 15.4 Å². The number of nitrogens with one attached hydrogen (secondary N) is 2. The highest BCUT2D eigenvalue weighted by Crippen LogP contribution is 2.28. The van der Waals surface area contributed by atoms with Crippen LogP contribution in [0.5, 0.6) is 5.75 Å². The van der Waals surface area contributed by atoms with Crippen molar-refractivity contribution in [2.24, 2.45) is 4.99 Å². The maximum absolute atomic E-state index is 6.00. The van der Waals surface area contributed by atoms with Crippen LogP contribution in [-0.4, -0.2) is 43.2 Å². The van der Waals surface area contributed by atoms with Crippen LogP contribution in [0.3, 0.4) is 0 Å². The first-order chi connectivity index (χ1) is 11.1. The van der Waals surface area contributed by atoms with Crippen molar-refractivity contribution < 1.29 is 4.74 Å². The van der Waals surface area contributed by atoms with Crippen LogP contribution >= 0.6 is 11.8 Å². The first-order valence-corrected chi connectivity index (χ1v) is 9.63. The number of rotatable bonds is 6. The molecule has 3 unspecified atom stereocenters. The number of nitrogens with zero attached hydrogens (tertiary/aromatic N) is 1. The summed E-state index contributed by atoms with van der Waals surface area (Å²) in [6.45, 7) is 4.87. The molecular weight excluding hydrogens is 306 g/mol. The molecule has 1 aromatic rings. The Morgan fingerprint density at radius 3 is 2.83 bits per heavy atom. The van der Waals surface area contributed by atoms with E-state index in [1.165, 1.54) is 19.3 Å². The topological polar surface area (TPSA) is 45.7 Å². The Morgan fingerprint density at radius 1 is 1.39 bits per heavy atom. The van der Waals surface area contributed by atoms with Crippen LogP contribution in [0.15, 0.2) is 29.3 Å². The van der Waals surface area contributed by atoms with Crippen LogP contribution < -0.4 is 15.4 Å². The maximum Gasteiger partial charge on any atom is 0.191 e. The van der Waals surface area contributed by atoms with E-state index in [-0.39, 0.29) is 6.10 Å². The van der Waals surface area contributed by atoms with E-state index in [1.807, 2.05) is 37.0 Å². The number of aryl methyl sites for hydroxylation is 1. The van der Waals surface area contributed by atoms with Gasteiger partial charge in [0.2, 0.25) is 0 Å². The van der Waals surface area contributed by atoms with Gasteiger partial charge in [-0.25, -0.2) is 0 Å². The van der Waals surface area contributed by atoms with Gasteiger partial charge in [0.1, 0.15) is 11.9 Å². The first kappa shape index (κ1) is 18.0. The predicted octanol–water partition coefficient (Wildman–Crippen LogP) is 3.21. The van der Waals surface area contributed by atoms with E-state index in [0.717, 1.165) is 29.1 Å². The number of para-hydroxylation sites is 1. The molecule has 1 aliphatic carbocycles. The van der Waals surface area contributed by atoms with Gasteiger partial charge in [-0.2, -0.15) is 11.8 Å². The van der Waals surface area contributed by atoms with Gasteiger partial charge in [-0.05, 0) is 51.0 Å². The summed E-state index contributed by atoms with van der Waals surface area (Å²) in [5, 5.41) is 7.69. The zero-order chi connectivity index (χ0) is 16.7. The fourth-order valence-electron chi connectivity index (χ4n) is 2.86. The molecule has 1 aromatic carbocycles. The molecule has 0 bridgehead atoms. The summed E-state index contributed by atoms with van der Waals surface area (Å²) >= 11 is 1.97. The third kappa shape index (κ3) is 5.65. The largest absolute Gasteiger partial charge is 0.489 e. The number of guanidine groups is 1. The van der Waals surface area contributed by atoms with E-state index in [0.29, 0.717) is 6.04 Å². The van der Waals surface area contributed by atoms with Crippen molar-refractivity contribution in [3.8, 4) is 5.75 Å². The Bertz CT molecular complexity index is 521. The zero-order valence-corrected chi connectivity index (χ0v) is 15.5. The molecule has 1 aliphatic rings. The predicted molar refractivity (Wildman–Crippen MR) is 101 cm³/mol. The molecule has 3 atom stereocenters. The SMILES string of the molecule is CN=C(NCC(C)Oc1ccccc1C)NC1CCC(SC)C1. The Balaban J connectivity index is 1.76. The number of thioether (sulfide) groups is 1. The van der Waals surface area contributed by atoms with E-state index < -0.39 is 0 Å². The van der Waals surface area contributed by atoms with Crippen molar-refractivity contribution in [1.29, 1.82) is 0 Å². The second-order valence-corrected chi connectivity index (χ2v) is 7.30. The van der Waals surface area contributed by atoms with Crippen LogP contribution in [0.2, 0.25) is 0 Å². The summed E-state index contributed by atoms with van der Waals surface area (Å²) in [5.41, 5.74) is 1.16. The van der Waals surface area contributed by atoms with Gasteiger partial charge in [0.25, 0.3) is 0 Å². The third-order valence-corrected chi connectivity index (χ3v) is 5.36. The summed E-state index contributed by atoms with van der Waals surface area (Å²) in [5.74, 6) is 1.82.